The monoisotopic (exact) mass is 586 g/mol. The Kier molecular flexibility index (Phi) is 23.6. The molecule has 8 nitrogen and oxygen atoms in total. The van der Waals surface area contributed by atoms with Crippen molar-refractivity contribution >= 4 is 13.7 Å². The van der Waals surface area contributed by atoms with Crippen LogP contribution >= 0.6 is 7.82 Å². The molecule has 0 aliphatic rings. The molecule has 0 spiro atoms. The summed E-state index contributed by atoms with van der Waals surface area (Å²) in [5.74, 6) is -0.228. The van der Waals surface area contributed by atoms with E-state index in [4.69, 9.17) is 9.05 Å². The summed E-state index contributed by atoms with van der Waals surface area (Å²) in [7, 11) is 1.22. The molecular formula is C31H59N2O6P. The second-order valence-corrected chi connectivity index (χ2v) is 12.9. The molecule has 0 rings (SSSR count). The summed E-state index contributed by atoms with van der Waals surface area (Å²) >= 11 is 0. The first-order chi connectivity index (χ1) is 19.0. The molecule has 0 saturated heterocycles. The standard InChI is InChI=1S/C31H59N2O6P/c1-6-8-10-12-14-16-17-19-21-23-25-31(35)32-29(28-39-40(36,37)38-27-26-33(3,4)5)30(34)24-22-20-18-15-13-11-9-7-2/h10,12-13,15,22,24,29-30,34H,6-9,11,14,16-21,23,25-28H2,1-5H3,(H-,32,35,36,37)/b12-10-,15-13+,24-22+. The first kappa shape index (κ1) is 38.7. The first-order valence-corrected chi connectivity index (χ1v) is 16.8. The van der Waals surface area contributed by atoms with Crippen molar-refractivity contribution in [3.8, 4) is 0 Å². The van der Waals surface area contributed by atoms with Gasteiger partial charge in [-0.1, -0.05) is 88.8 Å². The Morgan fingerprint density at radius 3 is 2.12 bits per heavy atom. The summed E-state index contributed by atoms with van der Waals surface area (Å²) in [6, 6.07) is -0.900. The zero-order chi connectivity index (χ0) is 30.1. The number of allylic oxidation sites excluding steroid dienone is 5. The van der Waals surface area contributed by atoms with E-state index >= 15 is 0 Å². The normalized spacial score (nSPS) is 15.7. The van der Waals surface area contributed by atoms with Crippen molar-refractivity contribution in [2.45, 2.75) is 116 Å². The number of phosphoric acid groups is 1. The number of unbranched alkanes of at least 4 members (excludes halogenated alkanes) is 9. The van der Waals surface area contributed by atoms with Gasteiger partial charge in [0.1, 0.15) is 13.2 Å². The molecule has 0 aromatic rings. The number of quaternary nitrogens is 1. The van der Waals surface area contributed by atoms with E-state index in [0.29, 0.717) is 17.4 Å². The fourth-order valence-corrected chi connectivity index (χ4v) is 4.46. The van der Waals surface area contributed by atoms with Crippen LogP contribution in [-0.2, 0) is 18.4 Å². The van der Waals surface area contributed by atoms with Gasteiger partial charge in [-0.2, -0.15) is 0 Å². The Bertz CT molecular complexity index is 763. The molecule has 0 fully saturated rings. The minimum absolute atomic E-state index is 0.00936. The molecule has 1 amide bonds. The average Bonchev–Trinajstić information content (AvgIpc) is 2.88. The van der Waals surface area contributed by atoms with Crippen LogP contribution in [0.2, 0.25) is 0 Å². The number of rotatable bonds is 26. The predicted octanol–water partition coefficient (Wildman–Crippen LogP) is 6.21. The lowest BCUT2D eigenvalue weighted by atomic mass is 10.1. The summed E-state index contributed by atoms with van der Waals surface area (Å²) in [4.78, 5) is 24.9. The first-order valence-electron chi connectivity index (χ1n) is 15.4. The van der Waals surface area contributed by atoms with Gasteiger partial charge in [-0.25, -0.2) is 0 Å². The highest BCUT2D eigenvalue weighted by Gasteiger charge is 2.23. The second kappa shape index (κ2) is 24.3. The molecule has 0 aromatic heterocycles. The number of likely N-dealkylation sites (N-methyl/N-ethyl adjacent to an activating group) is 1. The third-order valence-corrected chi connectivity index (χ3v) is 7.27. The van der Waals surface area contributed by atoms with E-state index in [2.05, 4.69) is 43.5 Å². The second-order valence-electron chi connectivity index (χ2n) is 11.4. The quantitative estimate of drug-likeness (QED) is 0.0540. The van der Waals surface area contributed by atoms with Crippen LogP contribution in [0.15, 0.2) is 36.5 Å². The molecule has 0 bridgehead atoms. The molecule has 2 N–H and O–H groups in total. The molecule has 9 heteroatoms. The van der Waals surface area contributed by atoms with Gasteiger partial charge < -0.3 is 28.8 Å². The highest BCUT2D eigenvalue weighted by atomic mass is 31.2. The third kappa shape index (κ3) is 25.7. The lowest BCUT2D eigenvalue weighted by Crippen LogP contribution is -2.45. The van der Waals surface area contributed by atoms with Gasteiger partial charge in [0.2, 0.25) is 5.91 Å². The number of aliphatic hydroxyl groups is 1. The van der Waals surface area contributed by atoms with E-state index in [1.54, 1.807) is 6.08 Å². The van der Waals surface area contributed by atoms with Gasteiger partial charge in [0.25, 0.3) is 7.82 Å². The minimum Gasteiger partial charge on any atom is -0.756 e. The molecule has 3 atom stereocenters. The fraction of sp³-hybridized carbons (Fsp3) is 0.774. The van der Waals surface area contributed by atoms with Crippen LogP contribution in [0.5, 0.6) is 0 Å². The topological polar surface area (TPSA) is 108 Å². The summed E-state index contributed by atoms with van der Waals surface area (Å²) in [5, 5.41) is 13.5. The maximum atomic E-state index is 12.6. The van der Waals surface area contributed by atoms with Gasteiger partial charge in [0, 0.05) is 6.42 Å². The number of carbonyl (C=O) groups excluding carboxylic acids is 1. The van der Waals surface area contributed by atoms with Crippen LogP contribution < -0.4 is 10.2 Å². The predicted molar refractivity (Wildman–Crippen MR) is 164 cm³/mol. The Hall–Kier alpha value is -1.28. The Morgan fingerprint density at radius 2 is 1.45 bits per heavy atom. The van der Waals surface area contributed by atoms with E-state index in [9.17, 15) is 19.4 Å². The number of nitrogens with zero attached hydrogens (tertiary/aromatic N) is 1. The van der Waals surface area contributed by atoms with Gasteiger partial charge in [-0.15, -0.1) is 0 Å². The van der Waals surface area contributed by atoms with Crippen molar-refractivity contribution in [2.24, 2.45) is 0 Å². The van der Waals surface area contributed by atoms with Crippen LogP contribution in [0.1, 0.15) is 104 Å². The Morgan fingerprint density at radius 1 is 0.850 bits per heavy atom. The average molecular weight is 587 g/mol. The van der Waals surface area contributed by atoms with Crippen molar-refractivity contribution in [2.75, 3.05) is 40.9 Å². The number of hydrogen-bond acceptors (Lipinski definition) is 6. The van der Waals surface area contributed by atoms with Gasteiger partial charge in [-0.05, 0) is 44.9 Å². The maximum Gasteiger partial charge on any atom is 0.268 e. The molecule has 0 saturated carbocycles. The van der Waals surface area contributed by atoms with Crippen molar-refractivity contribution in [3.63, 3.8) is 0 Å². The highest BCUT2D eigenvalue weighted by molar-refractivity contribution is 7.45. The number of carbonyl (C=O) groups is 1. The fourth-order valence-electron chi connectivity index (χ4n) is 3.74. The van der Waals surface area contributed by atoms with Crippen LogP contribution in [0.25, 0.3) is 0 Å². The summed E-state index contributed by atoms with van der Waals surface area (Å²) in [6.45, 7) is 4.42. The number of nitrogens with one attached hydrogen (secondary N) is 1. The van der Waals surface area contributed by atoms with E-state index < -0.39 is 26.6 Å². The lowest BCUT2D eigenvalue weighted by molar-refractivity contribution is -0.870. The smallest absolute Gasteiger partial charge is 0.268 e. The van der Waals surface area contributed by atoms with E-state index in [1.807, 2.05) is 27.2 Å². The van der Waals surface area contributed by atoms with E-state index in [0.717, 1.165) is 64.2 Å². The molecule has 0 aliphatic heterocycles. The molecule has 0 aliphatic carbocycles. The number of phosphoric ester groups is 1. The summed E-state index contributed by atoms with van der Waals surface area (Å²) in [6.07, 6.45) is 24.9. The van der Waals surface area contributed by atoms with E-state index in [-0.39, 0.29) is 12.5 Å². The van der Waals surface area contributed by atoms with Crippen LogP contribution in [-0.4, -0.2) is 68.5 Å². The van der Waals surface area contributed by atoms with Gasteiger partial charge >= 0.3 is 0 Å². The Labute approximate surface area is 245 Å². The largest absolute Gasteiger partial charge is 0.756 e. The molecule has 0 radical (unpaired) electrons. The van der Waals surface area contributed by atoms with Gasteiger partial charge in [0.15, 0.2) is 0 Å². The van der Waals surface area contributed by atoms with Crippen molar-refractivity contribution in [1.82, 2.24) is 5.32 Å². The molecule has 3 unspecified atom stereocenters. The summed E-state index contributed by atoms with van der Waals surface area (Å²) in [5.41, 5.74) is 0. The summed E-state index contributed by atoms with van der Waals surface area (Å²) < 4.78 is 22.8. The van der Waals surface area contributed by atoms with Gasteiger partial charge in [-0.3, -0.25) is 9.36 Å². The van der Waals surface area contributed by atoms with Crippen LogP contribution in [0.3, 0.4) is 0 Å². The van der Waals surface area contributed by atoms with Crippen LogP contribution in [0, 0.1) is 0 Å². The maximum absolute atomic E-state index is 12.6. The SMILES string of the molecule is CCC/C=C\CCCCCCCC(=O)NC(COP(=O)([O-])OCC[N+](C)(C)C)C(O)/C=C/CC/C=C/CCCC. The highest BCUT2D eigenvalue weighted by Crippen LogP contribution is 2.38. The van der Waals surface area contributed by atoms with Crippen molar-refractivity contribution < 1.29 is 32.9 Å². The molecular weight excluding hydrogens is 527 g/mol. The number of amides is 1. The Balaban J connectivity index is 4.73. The van der Waals surface area contributed by atoms with Crippen molar-refractivity contribution in [1.29, 1.82) is 0 Å². The zero-order valence-electron chi connectivity index (χ0n) is 26.0. The lowest BCUT2D eigenvalue weighted by Gasteiger charge is -2.29. The zero-order valence-corrected chi connectivity index (χ0v) is 26.9. The number of hydrogen-bond donors (Lipinski definition) is 2. The van der Waals surface area contributed by atoms with Gasteiger partial charge in [0.05, 0.1) is 39.9 Å². The molecule has 234 valence electrons. The molecule has 40 heavy (non-hydrogen) atoms. The third-order valence-electron chi connectivity index (χ3n) is 6.30. The van der Waals surface area contributed by atoms with Crippen LogP contribution in [0.4, 0.5) is 0 Å². The molecule has 0 heterocycles. The number of aliphatic hydroxyl groups excluding tert-OH is 1. The van der Waals surface area contributed by atoms with Crippen molar-refractivity contribution in [3.05, 3.63) is 36.5 Å². The van der Waals surface area contributed by atoms with E-state index in [1.165, 1.54) is 19.3 Å². The minimum atomic E-state index is -4.57. The molecule has 0 aromatic carbocycles.